The Kier molecular flexibility index (Phi) is 5.74. The summed E-state index contributed by atoms with van der Waals surface area (Å²) >= 11 is 5.53. The molecule has 0 N–H and O–H groups in total. The lowest BCUT2D eigenvalue weighted by molar-refractivity contribution is 0.0165. The lowest BCUT2D eigenvalue weighted by Crippen LogP contribution is -2.14. The molecule has 0 amide bonds. The van der Waals surface area contributed by atoms with Gasteiger partial charge >= 0.3 is 0 Å². The average molecular weight is 193 g/mol. The molecule has 0 bridgehead atoms. The summed E-state index contributed by atoms with van der Waals surface area (Å²) < 4.78 is 10.8. The van der Waals surface area contributed by atoms with Crippen molar-refractivity contribution in [1.82, 2.24) is 0 Å². The van der Waals surface area contributed by atoms with Gasteiger partial charge in [-0.1, -0.05) is 0 Å². The average Bonchev–Trinajstić information content (AvgIpc) is 2.57. The molecule has 0 unspecified atom stereocenters. The van der Waals surface area contributed by atoms with E-state index in [1.54, 1.807) is 0 Å². The van der Waals surface area contributed by atoms with E-state index in [4.69, 9.17) is 21.1 Å². The van der Waals surface area contributed by atoms with Crippen molar-refractivity contribution in [2.24, 2.45) is 0 Å². The van der Waals surface area contributed by atoms with Crippen molar-refractivity contribution in [3.63, 3.8) is 0 Å². The third-order valence-corrected chi connectivity index (χ3v) is 2.27. The monoisotopic (exact) mass is 192 g/mol. The van der Waals surface area contributed by atoms with Crippen molar-refractivity contribution in [1.29, 1.82) is 0 Å². The van der Waals surface area contributed by atoms with Crippen molar-refractivity contribution < 1.29 is 9.47 Å². The van der Waals surface area contributed by atoms with Crippen molar-refractivity contribution in [3.05, 3.63) is 0 Å². The molecule has 1 aliphatic rings. The van der Waals surface area contributed by atoms with Crippen LogP contribution in [0.1, 0.15) is 25.7 Å². The molecule has 1 heterocycles. The minimum Gasteiger partial charge on any atom is -0.379 e. The molecule has 3 heteroatoms. The Morgan fingerprint density at radius 2 is 2.33 bits per heavy atom. The van der Waals surface area contributed by atoms with Crippen LogP contribution in [0.25, 0.3) is 0 Å². The topological polar surface area (TPSA) is 18.5 Å². The van der Waals surface area contributed by atoms with Crippen LogP contribution in [0.3, 0.4) is 0 Å². The molecule has 1 saturated heterocycles. The van der Waals surface area contributed by atoms with E-state index in [0.717, 1.165) is 45.0 Å². The standard InChI is InChI=1S/C9H17ClO2/c10-5-1-2-6-11-8-9-4-3-7-12-9/h9H,1-8H2/t9-/m0/s1. The van der Waals surface area contributed by atoms with Gasteiger partial charge in [0.05, 0.1) is 12.7 Å². The number of hydrogen-bond donors (Lipinski definition) is 0. The van der Waals surface area contributed by atoms with Gasteiger partial charge in [-0.3, -0.25) is 0 Å². The number of alkyl halides is 1. The van der Waals surface area contributed by atoms with Gasteiger partial charge in [0.2, 0.25) is 0 Å². The highest BCUT2D eigenvalue weighted by Crippen LogP contribution is 2.11. The first-order valence-corrected chi connectivity index (χ1v) is 5.22. The summed E-state index contributed by atoms with van der Waals surface area (Å²) in [7, 11) is 0. The molecule has 1 aliphatic heterocycles. The van der Waals surface area contributed by atoms with E-state index >= 15 is 0 Å². The van der Waals surface area contributed by atoms with Gasteiger partial charge in [0.15, 0.2) is 0 Å². The zero-order valence-corrected chi connectivity index (χ0v) is 8.18. The molecule has 1 atom stereocenters. The Bertz CT molecular complexity index is 103. The lowest BCUT2D eigenvalue weighted by atomic mass is 10.2. The van der Waals surface area contributed by atoms with Gasteiger partial charge in [0.25, 0.3) is 0 Å². The number of unbranched alkanes of at least 4 members (excludes halogenated alkanes) is 1. The Morgan fingerprint density at radius 3 is 3.00 bits per heavy atom. The van der Waals surface area contributed by atoms with Crippen LogP contribution >= 0.6 is 11.6 Å². The highest BCUT2D eigenvalue weighted by molar-refractivity contribution is 6.17. The zero-order chi connectivity index (χ0) is 8.65. The van der Waals surface area contributed by atoms with E-state index in [1.165, 1.54) is 6.42 Å². The maximum atomic E-state index is 5.53. The van der Waals surface area contributed by atoms with E-state index < -0.39 is 0 Å². The predicted octanol–water partition coefficient (Wildman–Crippen LogP) is 2.20. The molecule has 0 saturated carbocycles. The van der Waals surface area contributed by atoms with Crippen LogP contribution in [0, 0.1) is 0 Å². The summed E-state index contributed by atoms with van der Waals surface area (Å²) in [5.41, 5.74) is 0. The van der Waals surface area contributed by atoms with Gasteiger partial charge in [-0.2, -0.15) is 0 Å². The highest BCUT2D eigenvalue weighted by Gasteiger charge is 2.14. The van der Waals surface area contributed by atoms with Crippen LogP contribution in [0.15, 0.2) is 0 Å². The number of ether oxygens (including phenoxy) is 2. The molecule has 0 aromatic carbocycles. The first-order valence-electron chi connectivity index (χ1n) is 4.69. The first kappa shape index (κ1) is 10.3. The molecule has 2 nitrogen and oxygen atoms in total. The van der Waals surface area contributed by atoms with Gasteiger partial charge in [0, 0.05) is 19.1 Å². The molecule has 72 valence electrons. The third-order valence-electron chi connectivity index (χ3n) is 2.00. The molecule has 12 heavy (non-hydrogen) atoms. The fourth-order valence-electron chi connectivity index (χ4n) is 1.29. The molecule has 1 fully saturated rings. The Morgan fingerprint density at radius 1 is 1.42 bits per heavy atom. The molecule has 0 aromatic rings. The van der Waals surface area contributed by atoms with E-state index in [1.807, 2.05) is 0 Å². The quantitative estimate of drug-likeness (QED) is 0.475. The number of hydrogen-bond acceptors (Lipinski definition) is 2. The fraction of sp³-hybridized carbons (Fsp3) is 1.00. The Hall–Kier alpha value is 0.210. The minimum absolute atomic E-state index is 0.362. The lowest BCUT2D eigenvalue weighted by Gasteiger charge is -2.09. The summed E-state index contributed by atoms with van der Waals surface area (Å²) in [5, 5.41) is 0. The van der Waals surface area contributed by atoms with Crippen molar-refractivity contribution >= 4 is 11.6 Å². The van der Waals surface area contributed by atoms with Crippen molar-refractivity contribution in [2.75, 3.05) is 25.7 Å². The predicted molar refractivity (Wildman–Crippen MR) is 49.7 cm³/mol. The molecule has 0 radical (unpaired) electrons. The van der Waals surface area contributed by atoms with Crippen LogP contribution in [0.2, 0.25) is 0 Å². The maximum Gasteiger partial charge on any atom is 0.0809 e. The molecule has 0 spiro atoms. The smallest absolute Gasteiger partial charge is 0.0809 e. The molecular formula is C9H17ClO2. The molecular weight excluding hydrogens is 176 g/mol. The summed E-state index contributed by atoms with van der Waals surface area (Å²) in [6, 6.07) is 0. The summed E-state index contributed by atoms with van der Waals surface area (Å²) in [6.45, 7) is 2.50. The van der Waals surface area contributed by atoms with Gasteiger partial charge in [-0.05, 0) is 25.7 Å². The highest BCUT2D eigenvalue weighted by atomic mass is 35.5. The second-order valence-corrected chi connectivity index (χ2v) is 3.48. The Labute approximate surface area is 79.2 Å². The number of halogens is 1. The minimum atomic E-state index is 0.362. The summed E-state index contributed by atoms with van der Waals surface area (Å²) in [5.74, 6) is 0.739. The first-order chi connectivity index (χ1) is 5.93. The Balaban J connectivity index is 1.81. The fourth-order valence-corrected chi connectivity index (χ4v) is 1.48. The largest absolute Gasteiger partial charge is 0.379 e. The van der Waals surface area contributed by atoms with Crippen molar-refractivity contribution in [3.8, 4) is 0 Å². The van der Waals surface area contributed by atoms with Crippen LogP contribution in [-0.4, -0.2) is 31.8 Å². The normalized spacial score (nSPS) is 23.2. The van der Waals surface area contributed by atoms with Gasteiger partial charge in [-0.15, -0.1) is 11.6 Å². The van der Waals surface area contributed by atoms with Crippen LogP contribution in [-0.2, 0) is 9.47 Å². The van der Waals surface area contributed by atoms with Crippen LogP contribution < -0.4 is 0 Å². The molecule has 1 rings (SSSR count). The van der Waals surface area contributed by atoms with Crippen LogP contribution in [0.5, 0.6) is 0 Å². The van der Waals surface area contributed by atoms with Crippen LogP contribution in [0.4, 0.5) is 0 Å². The maximum absolute atomic E-state index is 5.53. The summed E-state index contributed by atoms with van der Waals surface area (Å²) in [4.78, 5) is 0. The SMILES string of the molecule is ClCCCCOC[C@@H]1CCCO1. The van der Waals surface area contributed by atoms with Crippen molar-refractivity contribution in [2.45, 2.75) is 31.8 Å². The van der Waals surface area contributed by atoms with Gasteiger partial charge in [0.1, 0.15) is 0 Å². The van der Waals surface area contributed by atoms with E-state index in [2.05, 4.69) is 0 Å². The number of rotatable bonds is 6. The van der Waals surface area contributed by atoms with E-state index in [-0.39, 0.29) is 0 Å². The van der Waals surface area contributed by atoms with E-state index in [9.17, 15) is 0 Å². The second kappa shape index (κ2) is 6.70. The van der Waals surface area contributed by atoms with Gasteiger partial charge in [-0.25, -0.2) is 0 Å². The second-order valence-electron chi connectivity index (χ2n) is 3.11. The molecule has 0 aromatic heterocycles. The summed E-state index contributed by atoms with van der Waals surface area (Å²) in [6.07, 6.45) is 4.83. The third kappa shape index (κ3) is 4.29. The van der Waals surface area contributed by atoms with Gasteiger partial charge < -0.3 is 9.47 Å². The van der Waals surface area contributed by atoms with E-state index in [0.29, 0.717) is 6.10 Å². The molecule has 0 aliphatic carbocycles. The zero-order valence-electron chi connectivity index (χ0n) is 7.43.